The fourth-order valence-electron chi connectivity index (χ4n) is 14.8. The molecule has 0 aromatic heterocycles. The fourth-order valence-corrected chi connectivity index (χ4v) is 17.2. The molecule has 8 heterocycles. The van der Waals surface area contributed by atoms with E-state index in [-0.39, 0.29) is 139 Å². The average molecular weight is 2000 g/mol. The number of esters is 2. The van der Waals surface area contributed by atoms with Gasteiger partial charge in [-0.1, -0.05) is 200 Å². The molecule has 14 rings (SSSR count). The number of nitrogens with one attached hydrogen (secondary N) is 2. The summed E-state index contributed by atoms with van der Waals surface area (Å²) in [7, 11) is -0.441. The number of methoxy groups -OCH3 is 2. The third kappa shape index (κ3) is 50.9. The average Bonchev–Trinajstić information content (AvgIpc) is 1.66. The number of amides is 3. The Kier molecular flexibility index (Phi) is 67.8. The molecule has 3 N–H and O–H groups in total. The number of aliphatic hydroxyl groups excluding tert-OH is 1. The number of likely N-dealkylation sites (tertiary alicyclic amines) is 3. The molecule has 26 nitrogen and oxygen atoms in total. The van der Waals surface area contributed by atoms with Crippen LogP contribution in [0.5, 0.6) is 0 Å². The second-order valence-corrected chi connectivity index (χ2v) is 40.4. The van der Waals surface area contributed by atoms with Crippen LogP contribution in [0.15, 0.2) is 182 Å². The number of Topliss-reactive ketones (excluding diaryl/α,β-unsaturated/α-hetero) is 2. The Hall–Kier alpha value is -5.34. The number of halogens is 5. The third-order valence-corrected chi connectivity index (χ3v) is 25.8. The summed E-state index contributed by atoms with van der Waals surface area (Å²) in [6, 6.07) is 64.8. The Bertz CT molecular complexity index is 4490. The first-order valence-electron chi connectivity index (χ1n) is 44.1. The fraction of sp³-hybridized carbons (Fsp3) is 0.531. The van der Waals surface area contributed by atoms with E-state index in [1.807, 2.05) is 169 Å². The summed E-state index contributed by atoms with van der Waals surface area (Å²) in [5, 5.41) is 14.1. The summed E-state index contributed by atoms with van der Waals surface area (Å²) in [5.74, 6) is -1.88. The molecule has 8 fully saturated rings. The minimum Gasteiger partial charge on any atom is -1.00 e. The summed E-state index contributed by atoms with van der Waals surface area (Å²) in [6.45, 7) is 23.8. The van der Waals surface area contributed by atoms with Gasteiger partial charge < -0.3 is 62.8 Å². The zero-order valence-electron chi connectivity index (χ0n) is 79.7. The first-order valence-corrected chi connectivity index (χ1v) is 50.4. The molecule has 0 aliphatic carbocycles. The normalized spacial score (nSPS) is 19.3. The molecule has 8 aliphatic heterocycles. The number of hydrogen-bond donors (Lipinski definition) is 3. The van der Waals surface area contributed by atoms with Crippen LogP contribution in [0, 0.1) is 22.8 Å². The molecule has 0 radical (unpaired) electrons. The van der Waals surface area contributed by atoms with Crippen molar-refractivity contribution in [2.24, 2.45) is 10.8 Å². The van der Waals surface area contributed by atoms with Crippen molar-refractivity contribution in [3.63, 3.8) is 0 Å². The maximum atomic E-state index is 12.5. The van der Waals surface area contributed by atoms with Crippen LogP contribution in [0.25, 0.3) is 0 Å². The molecule has 37 heteroatoms. The maximum absolute atomic E-state index is 12.5. The van der Waals surface area contributed by atoms with E-state index in [4.69, 9.17) is 13.5 Å². The van der Waals surface area contributed by atoms with Gasteiger partial charge in [0, 0.05) is 101 Å². The molecule has 0 saturated carbocycles. The van der Waals surface area contributed by atoms with Gasteiger partial charge in [-0.3, -0.25) is 33.0 Å². The van der Waals surface area contributed by atoms with Crippen LogP contribution in [0.2, 0.25) is 0 Å². The number of carbonyl (C=O) groups is 8. The van der Waals surface area contributed by atoms with Gasteiger partial charge in [0.25, 0.3) is 11.8 Å². The van der Waals surface area contributed by atoms with Crippen LogP contribution in [0.3, 0.4) is 0 Å². The van der Waals surface area contributed by atoms with Crippen molar-refractivity contribution < 1.29 is 137 Å². The van der Waals surface area contributed by atoms with Crippen LogP contribution >= 0.6 is 45.4 Å². The number of ether oxygens (including phenoxy) is 2. The third-order valence-electron chi connectivity index (χ3n) is 23.1. The smallest absolute Gasteiger partial charge is 1.00 e. The SMILES string of the molecule is CCC(C)(C)C(=O)C(=O)N1CCC[C@@H]1Cc1ccccc1.CCC(C)(C)C(=O)C(=O)N1CCC[C@H]1Cc1ccccc1.CC[C-](C)C.COC(=O)C(=O)Cl.COC(=O)C(=O)N1CCC[C@@H]1Cc1ccccc1.Cl.O=S(=O)(Cl)Cl.O=S(=O)([O-])N1CCC[C@@H]1Cc1ccccc1.O=S1(=O)OC[C@H]2CCCN21.OC[C@H]1CCCN1.[Cl-].[Li+].[Li+].[Mg+2].[c-]1ccccc1.c1ccc(C[C@H]2CCCN2)cc1. The first kappa shape index (κ1) is 130. The molecular weight excluding hydrogens is 1870 g/mol. The van der Waals surface area contributed by atoms with E-state index in [9.17, 15) is 59.7 Å². The molecule has 8 aliphatic rings. The van der Waals surface area contributed by atoms with E-state index in [1.54, 1.807) is 14.7 Å². The van der Waals surface area contributed by atoms with E-state index >= 15 is 0 Å². The number of nitrogens with zero attached hydrogens (tertiary/aromatic N) is 5. The summed E-state index contributed by atoms with van der Waals surface area (Å²) < 4.78 is 88.8. The number of ketones is 2. The van der Waals surface area contributed by atoms with Crippen molar-refractivity contribution >= 4 is 144 Å². The maximum Gasteiger partial charge on any atom is 2.00 e. The Balaban J connectivity index is 0. The van der Waals surface area contributed by atoms with Gasteiger partial charge in [0.05, 0.1) is 33.5 Å². The van der Waals surface area contributed by atoms with Crippen LogP contribution < -0.4 is 60.8 Å². The van der Waals surface area contributed by atoms with Crippen molar-refractivity contribution in [2.45, 2.75) is 246 Å². The minimum absolute atomic E-state index is 0. The minimum atomic E-state index is -4.29. The molecule has 3 amide bonds. The quantitative estimate of drug-likeness (QED) is 0.0208. The number of aliphatic hydroxyl groups is 1. The zero-order valence-corrected chi connectivity index (χ0v) is 87.4. The molecule has 0 bridgehead atoms. The number of carbonyl (C=O) groups excluding carboxylic acids is 8. The van der Waals surface area contributed by atoms with E-state index in [1.165, 1.54) is 78.2 Å². The number of rotatable bonds is 20. The van der Waals surface area contributed by atoms with Crippen LogP contribution in [-0.4, -0.2) is 243 Å². The van der Waals surface area contributed by atoms with E-state index < -0.39 is 62.8 Å². The number of benzene rings is 6. The Morgan fingerprint density at radius 3 is 1.09 bits per heavy atom. The zero-order chi connectivity index (χ0) is 94.9. The van der Waals surface area contributed by atoms with Gasteiger partial charge in [-0.2, -0.15) is 77.8 Å². The molecule has 6 aromatic carbocycles. The van der Waals surface area contributed by atoms with Crippen molar-refractivity contribution in [3.05, 3.63) is 222 Å². The molecule has 133 heavy (non-hydrogen) atoms. The van der Waals surface area contributed by atoms with Gasteiger partial charge >= 0.3 is 102 Å². The number of fused-ring (bicyclic) bond motifs is 1. The summed E-state index contributed by atoms with van der Waals surface area (Å²) in [5.41, 5.74) is 5.05. The van der Waals surface area contributed by atoms with Gasteiger partial charge in [-0.05, 0) is 187 Å². The van der Waals surface area contributed by atoms with Gasteiger partial charge in [0.2, 0.25) is 11.6 Å². The molecule has 0 spiro atoms. The summed E-state index contributed by atoms with van der Waals surface area (Å²) >= 11 is 4.61. The first-order chi connectivity index (χ1) is 60.7. The predicted molar refractivity (Wildman–Crippen MR) is 515 cm³/mol. The Morgan fingerprint density at radius 1 is 0.504 bits per heavy atom. The summed E-state index contributed by atoms with van der Waals surface area (Å²) in [6.07, 6.45) is 21.3. The standard InChI is InChI=1S/2C18H25NO2.C14H17NO3.C11H15NO3S.C11H15N.C6H5.C5H9NO3S.C5H11NO.C5H11.C3H3ClO3.Cl2O2S.2ClH.2Li.Mg/c2*1-4-18(2,3)16(20)17(21)19-12-8-11-15(19)13-14-9-6-5-7-10-14;1-18-14(17)13(16)15-9-5-8-12(15)10-11-6-3-2-4-7-11;13-16(14,15)12-8-4-7-11(12)9-10-5-2-1-3-6-10;1-2-5-10(6-3-1)9-11-7-4-8-12-11;1-2-4-6-5-3-1;7-10(8)6-3-1-2-5(6)4-9-10;7-4-5-2-1-3-6-5;1-4-5(2)3;1-7-3(6)2(4)5;1-5(2,3)4;;;;;/h2*5-7,9-10,15H,4,8,11-13H2,1-3H3;2-4,6-7,12H,5,8-10H2,1H3;1-3,5-6,11H,4,7-9H2,(H,13,14,15);1-3,5-6,11-12H,4,7-9H2;1-5H;5H,1-4H2;5-7H,1-4H2;4H2,1-3H3;1H3;;2*1H;;;/q;;;;;-1;;;-1;;;;;2*+1;+2/p-2/t2*15-;12-;2*11-;;2*5-;;;;;;;;/m10111.11......../s1. The molecule has 8 saturated heterocycles. The van der Waals surface area contributed by atoms with Gasteiger partial charge in [-0.15, -0.1) is 12.4 Å². The molecular formula is C96H136Cl5Li2MgN7O19S3. The molecule has 6 aromatic rings. The predicted octanol–water partition coefficient (Wildman–Crippen LogP) is 5.62. The Labute approximate surface area is 858 Å². The number of hydrogen-bond acceptors (Lipinski definition) is 21. The van der Waals surface area contributed by atoms with Crippen molar-refractivity contribution in [1.29, 1.82) is 0 Å². The van der Waals surface area contributed by atoms with Crippen LogP contribution in [-0.2, 0) is 113 Å². The van der Waals surface area contributed by atoms with Gasteiger partial charge in [0.15, 0.2) is 10.3 Å². The Morgan fingerprint density at radius 2 is 0.820 bits per heavy atom. The van der Waals surface area contributed by atoms with Crippen LogP contribution in [0.4, 0.5) is 0 Å². The van der Waals surface area contributed by atoms with Crippen LogP contribution in [0.1, 0.15) is 199 Å². The monoisotopic (exact) mass is 2000 g/mol. The van der Waals surface area contributed by atoms with E-state index in [0.717, 1.165) is 119 Å². The van der Waals surface area contributed by atoms with Gasteiger partial charge in [-0.25, -0.2) is 22.3 Å². The largest absolute Gasteiger partial charge is 2.00 e. The second-order valence-electron chi connectivity index (χ2n) is 33.5. The van der Waals surface area contributed by atoms with E-state index in [2.05, 4.69) is 139 Å². The van der Waals surface area contributed by atoms with Crippen molar-refractivity contribution in [2.75, 3.05) is 73.2 Å². The molecule has 7 atom stereocenters. The summed E-state index contributed by atoms with van der Waals surface area (Å²) in [4.78, 5) is 97.7. The topological polar surface area (TPSA) is 350 Å². The van der Waals surface area contributed by atoms with Crippen molar-refractivity contribution in [3.8, 4) is 0 Å². The molecule has 726 valence electrons. The van der Waals surface area contributed by atoms with Crippen molar-refractivity contribution in [1.82, 2.24) is 33.9 Å². The van der Waals surface area contributed by atoms with E-state index in [0.29, 0.717) is 71.2 Å². The van der Waals surface area contributed by atoms with Gasteiger partial charge in [0.1, 0.15) is 0 Å². The molecule has 0 unspecified atom stereocenters. The second kappa shape index (κ2) is 69.5.